The summed E-state index contributed by atoms with van der Waals surface area (Å²) >= 11 is 0. The van der Waals surface area contributed by atoms with Crippen LogP contribution in [0.5, 0.6) is 0 Å². The first-order valence-corrected chi connectivity index (χ1v) is 6.07. The van der Waals surface area contributed by atoms with Crippen LogP contribution in [0.25, 0.3) is 10.9 Å². The molecule has 0 aliphatic rings. The SMILES string of the molecule is CC(C)(C)CCn1nc(C(=O)O)c2ccccc21. The zero-order valence-corrected chi connectivity index (χ0v) is 11.0. The Morgan fingerprint density at radius 2 is 2.00 bits per heavy atom. The Morgan fingerprint density at radius 3 is 2.61 bits per heavy atom. The van der Waals surface area contributed by atoms with Crippen molar-refractivity contribution < 1.29 is 9.90 Å². The van der Waals surface area contributed by atoms with Crippen molar-refractivity contribution in [2.75, 3.05) is 0 Å². The first-order chi connectivity index (χ1) is 8.38. The van der Waals surface area contributed by atoms with E-state index >= 15 is 0 Å². The number of carbonyl (C=O) groups is 1. The number of aromatic nitrogens is 2. The Hall–Kier alpha value is -1.84. The van der Waals surface area contributed by atoms with E-state index in [-0.39, 0.29) is 11.1 Å². The van der Waals surface area contributed by atoms with Crippen molar-refractivity contribution in [2.45, 2.75) is 33.7 Å². The molecular formula is C14H18N2O2. The van der Waals surface area contributed by atoms with Gasteiger partial charge in [-0.2, -0.15) is 5.10 Å². The largest absolute Gasteiger partial charge is 0.476 e. The number of para-hydroxylation sites is 1. The van der Waals surface area contributed by atoms with Crippen molar-refractivity contribution >= 4 is 16.9 Å². The van der Waals surface area contributed by atoms with Gasteiger partial charge in [0.25, 0.3) is 0 Å². The van der Waals surface area contributed by atoms with Crippen LogP contribution in [0.3, 0.4) is 0 Å². The molecular weight excluding hydrogens is 228 g/mol. The average molecular weight is 246 g/mol. The van der Waals surface area contributed by atoms with E-state index in [1.165, 1.54) is 0 Å². The number of benzene rings is 1. The molecule has 0 saturated heterocycles. The summed E-state index contributed by atoms with van der Waals surface area (Å²) in [5, 5.41) is 14.1. The van der Waals surface area contributed by atoms with Crippen LogP contribution in [0.15, 0.2) is 24.3 Å². The first kappa shape index (κ1) is 12.6. The van der Waals surface area contributed by atoms with Gasteiger partial charge in [0.05, 0.1) is 5.52 Å². The topological polar surface area (TPSA) is 55.1 Å². The summed E-state index contributed by atoms with van der Waals surface area (Å²) in [6.45, 7) is 7.22. The van der Waals surface area contributed by atoms with Gasteiger partial charge >= 0.3 is 5.97 Å². The maximum absolute atomic E-state index is 11.2. The minimum absolute atomic E-state index is 0.138. The van der Waals surface area contributed by atoms with Crippen LogP contribution < -0.4 is 0 Å². The number of rotatable bonds is 3. The van der Waals surface area contributed by atoms with Gasteiger partial charge in [0, 0.05) is 11.9 Å². The lowest BCUT2D eigenvalue weighted by Crippen LogP contribution is -2.11. The summed E-state index contributed by atoms with van der Waals surface area (Å²) in [7, 11) is 0. The molecule has 0 radical (unpaired) electrons. The number of aromatic carboxylic acids is 1. The van der Waals surface area contributed by atoms with Gasteiger partial charge < -0.3 is 5.11 Å². The molecule has 2 rings (SSSR count). The second-order valence-corrected chi connectivity index (χ2v) is 5.70. The standard InChI is InChI=1S/C14H18N2O2/c1-14(2,3)8-9-16-11-7-5-4-6-10(11)12(15-16)13(17)18/h4-7H,8-9H2,1-3H3,(H,17,18). The van der Waals surface area contributed by atoms with Gasteiger partial charge in [-0.25, -0.2) is 4.79 Å². The highest BCUT2D eigenvalue weighted by Crippen LogP contribution is 2.23. The lowest BCUT2D eigenvalue weighted by atomic mass is 9.92. The Bertz CT molecular complexity index is 579. The number of carboxylic acids is 1. The van der Waals surface area contributed by atoms with Crippen molar-refractivity contribution in [3.05, 3.63) is 30.0 Å². The van der Waals surface area contributed by atoms with Crippen molar-refractivity contribution in [1.29, 1.82) is 0 Å². The maximum atomic E-state index is 11.2. The summed E-state index contributed by atoms with van der Waals surface area (Å²) in [5.41, 5.74) is 1.23. The quantitative estimate of drug-likeness (QED) is 0.905. The van der Waals surface area contributed by atoms with E-state index in [0.29, 0.717) is 5.39 Å². The predicted molar refractivity (Wildman–Crippen MR) is 70.8 cm³/mol. The van der Waals surface area contributed by atoms with Crippen LogP contribution in [0.1, 0.15) is 37.7 Å². The lowest BCUT2D eigenvalue weighted by Gasteiger charge is -2.17. The molecule has 2 aromatic rings. The fourth-order valence-electron chi connectivity index (χ4n) is 1.90. The number of fused-ring (bicyclic) bond motifs is 1. The average Bonchev–Trinajstić information content (AvgIpc) is 2.64. The maximum Gasteiger partial charge on any atom is 0.357 e. The van der Waals surface area contributed by atoms with Crippen LogP contribution in [-0.4, -0.2) is 20.9 Å². The Morgan fingerprint density at radius 1 is 1.33 bits per heavy atom. The van der Waals surface area contributed by atoms with Crippen LogP contribution in [0.4, 0.5) is 0 Å². The molecule has 0 unspecified atom stereocenters. The molecule has 0 saturated carbocycles. The Kier molecular flexibility index (Phi) is 3.11. The third-order valence-electron chi connectivity index (χ3n) is 2.93. The molecule has 1 aromatic heterocycles. The molecule has 0 aliphatic heterocycles. The molecule has 1 N–H and O–H groups in total. The number of aryl methyl sites for hydroxylation is 1. The number of nitrogens with zero attached hydrogens (tertiary/aromatic N) is 2. The van der Waals surface area contributed by atoms with Crippen LogP contribution in [0, 0.1) is 5.41 Å². The predicted octanol–water partition coefficient (Wildman–Crippen LogP) is 3.17. The molecule has 4 nitrogen and oxygen atoms in total. The van der Waals surface area contributed by atoms with E-state index in [0.717, 1.165) is 18.5 Å². The zero-order valence-electron chi connectivity index (χ0n) is 11.0. The molecule has 4 heteroatoms. The zero-order chi connectivity index (χ0) is 13.3. The third kappa shape index (κ3) is 2.53. The fraction of sp³-hybridized carbons (Fsp3) is 0.429. The minimum atomic E-state index is -0.972. The Balaban J connectivity index is 2.42. The number of hydrogen-bond donors (Lipinski definition) is 1. The van der Waals surface area contributed by atoms with Gasteiger partial charge in [-0.15, -0.1) is 0 Å². The highest BCUT2D eigenvalue weighted by atomic mass is 16.4. The highest BCUT2D eigenvalue weighted by molar-refractivity contribution is 6.01. The Labute approximate surface area is 106 Å². The molecule has 0 spiro atoms. The van der Waals surface area contributed by atoms with Crippen molar-refractivity contribution in [3.8, 4) is 0 Å². The summed E-state index contributed by atoms with van der Waals surface area (Å²) in [6, 6.07) is 7.46. The van der Waals surface area contributed by atoms with E-state index < -0.39 is 5.97 Å². The van der Waals surface area contributed by atoms with E-state index in [1.54, 1.807) is 10.7 Å². The smallest absolute Gasteiger partial charge is 0.357 e. The fourth-order valence-corrected chi connectivity index (χ4v) is 1.90. The first-order valence-electron chi connectivity index (χ1n) is 6.07. The molecule has 18 heavy (non-hydrogen) atoms. The van der Waals surface area contributed by atoms with Gasteiger partial charge in [0.2, 0.25) is 0 Å². The van der Waals surface area contributed by atoms with Crippen molar-refractivity contribution in [2.24, 2.45) is 5.41 Å². The van der Waals surface area contributed by atoms with E-state index in [2.05, 4.69) is 25.9 Å². The van der Waals surface area contributed by atoms with Gasteiger partial charge in [0.15, 0.2) is 5.69 Å². The van der Waals surface area contributed by atoms with E-state index in [9.17, 15) is 4.79 Å². The molecule has 96 valence electrons. The molecule has 0 bridgehead atoms. The summed E-state index contributed by atoms with van der Waals surface area (Å²) in [6.07, 6.45) is 0.956. The molecule has 0 atom stereocenters. The molecule has 0 aliphatic carbocycles. The second-order valence-electron chi connectivity index (χ2n) is 5.70. The van der Waals surface area contributed by atoms with Crippen molar-refractivity contribution in [1.82, 2.24) is 9.78 Å². The second kappa shape index (κ2) is 4.44. The van der Waals surface area contributed by atoms with Crippen LogP contribution >= 0.6 is 0 Å². The summed E-state index contributed by atoms with van der Waals surface area (Å²) in [5.74, 6) is -0.972. The van der Waals surface area contributed by atoms with Gasteiger partial charge in [-0.3, -0.25) is 4.68 Å². The highest BCUT2D eigenvalue weighted by Gasteiger charge is 2.17. The lowest BCUT2D eigenvalue weighted by molar-refractivity contribution is 0.0691. The number of hydrogen-bond acceptors (Lipinski definition) is 2. The molecule has 1 heterocycles. The summed E-state index contributed by atoms with van der Waals surface area (Å²) < 4.78 is 1.80. The van der Waals surface area contributed by atoms with Crippen LogP contribution in [-0.2, 0) is 6.54 Å². The minimum Gasteiger partial charge on any atom is -0.476 e. The monoisotopic (exact) mass is 246 g/mol. The van der Waals surface area contributed by atoms with E-state index in [1.807, 2.05) is 18.2 Å². The van der Waals surface area contributed by atoms with Gasteiger partial charge in [0.1, 0.15) is 0 Å². The number of carboxylic acid groups (broad SMARTS) is 1. The van der Waals surface area contributed by atoms with Gasteiger partial charge in [-0.05, 0) is 17.9 Å². The molecule has 0 amide bonds. The third-order valence-corrected chi connectivity index (χ3v) is 2.93. The van der Waals surface area contributed by atoms with Crippen molar-refractivity contribution in [3.63, 3.8) is 0 Å². The molecule has 0 fully saturated rings. The van der Waals surface area contributed by atoms with Gasteiger partial charge in [-0.1, -0.05) is 39.0 Å². The molecule has 1 aromatic carbocycles. The summed E-state index contributed by atoms with van der Waals surface area (Å²) in [4.78, 5) is 11.2. The van der Waals surface area contributed by atoms with E-state index in [4.69, 9.17) is 5.11 Å². The normalized spacial score (nSPS) is 11.9. The van der Waals surface area contributed by atoms with Crippen LogP contribution in [0.2, 0.25) is 0 Å².